The summed E-state index contributed by atoms with van der Waals surface area (Å²) in [4.78, 5) is 13.5. The van der Waals surface area contributed by atoms with Gasteiger partial charge in [0, 0.05) is 18.3 Å². The SMILES string of the molecule is O=C1CNC=C2c3ccccc3CCN12. The van der Waals surface area contributed by atoms with E-state index in [0.29, 0.717) is 6.54 Å². The van der Waals surface area contributed by atoms with Crippen LogP contribution in [0.5, 0.6) is 0 Å². The summed E-state index contributed by atoms with van der Waals surface area (Å²) in [5.41, 5.74) is 3.54. The van der Waals surface area contributed by atoms with E-state index in [2.05, 4.69) is 17.4 Å². The Hall–Kier alpha value is -1.77. The van der Waals surface area contributed by atoms with Gasteiger partial charge in [0.15, 0.2) is 0 Å². The summed E-state index contributed by atoms with van der Waals surface area (Å²) < 4.78 is 0. The van der Waals surface area contributed by atoms with Gasteiger partial charge in [-0.1, -0.05) is 24.3 Å². The van der Waals surface area contributed by atoms with Gasteiger partial charge in [-0.15, -0.1) is 0 Å². The van der Waals surface area contributed by atoms with Crippen molar-refractivity contribution in [3.05, 3.63) is 41.6 Å². The average molecular weight is 200 g/mol. The third-order valence-electron chi connectivity index (χ3n) is 2.98. The fourth-order valence-corrected chi connectivity index (χ4v) is 2.23. The lowest BCUT2D eigenvalue weighted by Crippen LogP contribution is -2.43. The fourth-order valence-electron chi connectivity index (χ4n) is 2.23. The molecule has 0 saturated heterocycles. The van der Waals surface area contributed by atoms with Crippen LogP contribution in [0.15, 0.2) is 30.5 Å². The van der Waals surface area contributed by atoms with Gasteiger partial charge in [-0.2, -0.15) is 0 Å². The van der Waals surface area contributed by atoms with Crippen molar-refractivity contribution in [3.63, 3.8) is 0 Å². The van der Waals surface area contributed by atoms with Crippen molar-refractivity contribution in [3.8, 4) is 0 Å². The molecule has 1 N–H and O–H groups in total. The summed E-state index contributed by atoms with van der Waals surface area (Å²) >= 11 is 0. The van der Waals surface area contributed by atoms with Gasteiger partial charge >= 0.3 is 0 Å². The van der Waals surface area contributed by atoms with E-state index in [0.717, 1.165) is 18.7 Å². The van der Waals surface area contributed by atoms with Crippen molar-refractivity contribution in [2.45, 2.75) is 6.42 Å². The molecule has 0 spiro atoms. The number of nitrogens with zero attached hydrogens (tertiary/aromatic N) is 1. The first kappa shape index (κ1) is 8.53. The first-order valence-electron chi connectivity index (χ1n) is 5.18. The molecule has 0 aliphatic carbocycles. The number of fused-ring (bicyclic) bond motifs is 3. The molecule has 0 saturated carbocycles. The summed E-state index contributed by atoms with van der Waals surface area (Å²) in [6, 6.07) is 8.27. The minimum atomic E-state index is 0.169. The smallest absolute Gasteiger partial charge is 0.246 e. The van der Waals surface area contributed by atoms with E-state index in [-0.39, 0.29) is 5.91 Å². The molecule has 2 aliphatic heterocycles. The van der Waals surface area contributed by atoms with Gasteiger partial charge in [-0.3, -0.25) is 4.79 Å². The van der Waals surface area contributed by atoms with Gasteiger partial charge in [-0.05, 0) is 12.0 Å². The first-order valence-corrected chi connectivity index (χ1v) is 5.18. The van der Waals surface area contributed by atoms with Crippen molar-refractivity contribution >= 4 is 11.6 Å². The van der Waals surface area contributed by atoms with Crippen LogP contribution in [0.25, 0.3) is 5.70 Å². The number of benzene rings is 1. The number of amides is 1. The van der Waals surface area contributed by atoms with Crippen molar-refractivity contribution in [2.75, 3.05) is 13.1 Å². The summed E-state index contributed by atoms with van der Waals surface area (Å²) in [6.45, 7) is 1.23. The summed E-state index contributed by atoms with van der Waals surface area (Å²) in [7, 11) is 0. The van der Waals surface area contributed by atoms with Crippen LogP contribution in [0, 0.1) is 0 Å². The van der Waals surface area contributed by atoms with E-state index in [1.165, 1.54) is 11.1 Å². The van der Waals surface area contributed by atoms with E-state index in [4.69, 9.17) is 0 Å². The zero-order valence-electron chi connectivity index (χ0n) is 8.36. The number of carbonyl (C=O) groups is 1. The van der Waals surface area contributed by atoms with Crippen LogP contribution in [0.1, 0.15) is 11.1 Å². The van der Waals surface area contributed by atoms with Gasteiger partial charge in [0.2, 0.25) is 5.91 Å². The third kappa shape index (κ3) is 1.23. The van der Waals surface area contributed by atoms with Gasteiger partial charge in [-0.25, -0.2) is 0 Å². The lowest BCUT2D eigenvalue weighted by atomic mass is 9.96. The minimum Gasteiger partial charge on any atom is -0.380 e. The average Bonchev–Trinajstić information content (AvgIpc) is 2.29. The number of hydrogen-bond acceptors (Lipinski definition) is 2. The quantitative estimate of drug-likeness (QED) is 0.677. The Balaban J connectivity index is 2.13. The van der Waals surface area contributed by atoms with Crippen LogP contribution in [0.4, 0.5) is 0 Å². The standard InChI is InChI=1S/C12H12N2O/c15-12-8-13-7-11-10-4-2-1-3-9(10)5-6-14(11)12/h1-4,7,13H,5-6,8H2. The monoisotopic (exact) mass is 200 g/mol. The highest BCUT2D eigenvalue weighted by atomic mass is 16.2. The van der Waals surface area contributed by atoms with Crippen LogP contribution >= 0.6 is 0 Å². The largest absolute Gasteiger partial charge is 0.380 e. The minimum absolute atomic E-state index is 0.169. The highest BCUT2D eigenvalue weighted by Crippen LogP contribution is 2.29. The Morgan fingerprint density at radius 1 is 1.27 bits per heavy atom. The van der Waals surface area contributed by atoms with Gasteiger partial charge in [0.05, 0.1) is 12.2 Å². The molecule has 3 rings (SSSR count). The highest BCUT2D eigenvalue weighted by molar-refractivity contribution is 5.91. The number of rotatable bonds is 0. The zero-order valence-corrected chi connectivity index (χ0v) is 8.36. The molecule has 0 unspecified atom stereocenters. The Bertz CT molecular complexity index is 451. The first-order chi connectivity index (χ1) is 7.36. The summed E-state index contributed by atoms with van der Waals surface area (Å²) in [5.74, 6) is 0.169. The summed E-state index contributed by atoms with van der Waals surface area (Å²) in [6.07, 6.45) is 2.90. The molecule has 1 aromatic carbocycles. The zero-order chi connectivity index (χ0) is 10.3. The van der Waals surface area contributed by atoms with Crippen molar-refractivity contribution < 1.29 is 4.79 Å². The second-order valence-electron chi connectivity index (χ2n) is 3.86. The van der Waals surface area contributed by atoms with E-state index in [9.17, 15) is 4.79 Å². The molecule has 76 valence electrons. The number of hydrogen-bond donors (Lipinski definition) is 1. The van der Waals surface area contributed by atoms with Crippen molar-refractivity contribution in [1.82, 2.24) is 10.2 Å². The highest BCUT2D eigenvalue weighted by Gasteiger charge is 2.27. The predicted octanol–water partition coefficient (Wildman–Crippen LogP) is 0.973. The Morgan fingerprint density at radius 2 is 2.13 bits per heavy atom. The lowest BCUT2D eigenvalue weighted by molar-refractivity contribution is -0.127. The Kier molecular flexibility index (Phi) is 1.78. The Morgan fingerprint density at radius 3 is 3.07 bits per heavy atom. The normalized spacial score (nSPS) is 18.8. The van der Waals surface area contributed by atoms with Gasteiger partial charge in [0.1, 0.15) is 0 Å². The molecule has 0 bridgehead atoms. The predicted molar refractivity (Wildman–Crippen MR) is 57.8 cm³/mol. The van der Waals surface area contributed by atoms with Crippen molar-refractivity contribution in [1.29, 1.82) is 0 Å². The number of carbonyl (C=O) groups excluding carboxylic acids is 1. The van der Waals surface area contributed by atoms with E-state index >= 15 is 0 Å². The molecule has 2 heterocycles. The maximum absolute atomic E-state index is 11.7. The molecule has 0 radical (unpaired) electrons. The van der Waals surface area contributed by atoms with Crippen LogP contribution in [0.2, 0.25) is 0 Å². The molecule has 2 aliphatic rings. The Labute approximate surface area is 88.4 Å². The number of nitrogens with one attached hydrogen (secondary N) is 1. The maximum Gasteiger partial charge on any atom is 0.246 e. The molecule has 0 atom stereocenters. The van der Waals surface area contributed by atoms with E-state index in [1.807, 2.05) is 23.2 Å². The second-order valence-corrected chi connectivity index (χ2v) is 3.86. The van der Waals surface area contributed by atoms with E-state index in [1.54, 1.807) is 0 Å². The molecule has 1 aromatic rings. The topological polar surface area (TPSA) is 32.3 Å². The molecular formula is C12H12N2O. The fraction of sp³-hybridized carbons (Fsp3) is 0.250. The molecule has 3 heteroatoms. The van der Waals surface area contributed by atoms with Crippen LogP contribution in [-0.2, 0) is 11.2 Å². The second kappa shape index (κ2) is 3.12. The summed E-state index contributed by atoms with van der Waals surface area (Å²) in [5, 5.41) is 3.02. The van der Waals surface area contributed by atoms with Crippen LogP contribution < -0.4 is 5.32 Å². The molecule has 0 fully saturated rings. The van der Waals surface area contributed by atoms with Gasteiger partial charge in [0.25, 0.3) is 0 Å². The lowest BCUT2D eigenvalue weighted by Gasteiger charge is -2.34. The van der Waals surface area contributed by atoms with Crippen molar-refractivity contribution in [2.24, 2.45) is 0 Å². The van der Waals surface area contributed by atoms with Gasteiger partial charge < -0.3 is 10.2 Å². The molecule has 15 heavy (non-hydrogen) atoms. The van der Waals surface area contributed by atoms with Crippen LogP contribution in [0.3, 0.4) is 0 Å². The molecule has 3 nitrogen and oxygen atoms in total. The van der Waals surface area contributed by atoms with Crippen LogP contribution in [-0.4, -0.2) is 23.9 Å². The molecular weight excluding hydrogens is 188 g/mol. The maximum atomic E-state index is 11.7. The van der Waals surface area contributed by atoms with E-state index < -0.39 is 0 Å². The molecule has 0 aromatic heterocycles. The third-order valence-corrected chi connectivity index (χ3v) is 2.98. The molecule has 1 amide bonds.